The summed E-state index contributed by atoms with van der Waals surface area (Å²) >= 11 is 0. The van der Waals surface area contributed by atoms with E-state index >= 15 is 0 Å². The fraction of sp³-hybridized carbons (Fsp3) is 0.143. The number of carbonyl (C=O) groups excluding carboxylic acids is 1. The summed E-state index contributed by atoms with van der Waals surface area (Å²) in [5.41, 5.74) is 3.54. The van der Waals surface area contributed by atoms with Gasteiger partial charge in [0, 0.05) is 25.0 Å². The van der Waals surface area contributed by atoms with E-state index in [4.69, 9.17) is 0 Å². The van der Waals surface area contributed by atoms with Gasteiger partial charge in [-0.25, -0.2) is 14.3 Å². The van der Waals surface area contributed by atoms with E-state index in [1.54, 1.807) is 26.8 Å². The minimum atomic E-state index is -0.0666. The normalized spacial score (nSPS) is 11.9. The van der Waals surface area contributed by atoms with Crippen molar-refractivity contribution in [2.75, 3.05) is 7.05 Å². The molecule has 28 heavy (non-hydrogen) atoms. The predicted octanol–water partition coefficient (Wildman–Crippen LogP) is 3.29. The molecule has 0 aliphatic carbocycles. The molecule has 0 saturated heterocycles. The SMILES string of the molecule is C[C@@H](c1ccc(-n2cncn2)cc1)N(C)C(=O)c1ccc(-n2cccn2)cc1. The van der Waals surface area contributed by atoms with E-state index in [0.717, 1.165) is 16.9 Å². The zero-order chi connectivity index (χ0) is 19.5. The fourth-order valence-corrected chi connectivity index (χ4v) is 3.03. The van der Waals surface area contributed by atoms with Crippen molar-refractivity contribution >= 4 is 5.91 Å². The topological polar surface area (TPSA) is 68.8 Å². The highest BCUT2D eigenvalue weighted by Crippen LogP contribution is 2.22. The maximum Gasteiger partial charge on any atom is 0.254 e. The molecule has 140 valence electrons. The largest absolute Gasteiger partial charge is 0.335 e. The van der Waals surface area contributed by atoms with Crippen molar-refractivity contribution in [2.45, 2.75) is 13.0 Å². The van der Waals surface area contributed by atoms with Gasteiger partial charge in [0.1, 0.15) is 12.7 Å². The third kappa shape index (κ3) is 3.42. The molecule has 2 aromatic carbocycles. The Morgan fingerprint density at radius 2 is 1.64 bits per heavy atom. The summed E-state index contributed by atoms with van der Waals surface area (Å²) in [5, 5.41) is 8.33. The number of benzene rings is 2. The Morgan fingerprint density at radius 1 is 0.964 bits per heavy atom. The van der Waals surface area contributed by atoms with E-state index in [0.29, 0.717) is 5.56 Å². The van der Waals surface area contributed by atoms with Crippen LogP contribution in [0.15, 0.2) is 79.6 Å². The molecule has 0 spiro atoms. The maximum atomic E-state index is 12.9. The molecule has 0 bridgehead atoms. The highest BCUT2D eigenvalue weighted by molar-refractivity contribution is 5.94. The van der Waals surface area contributed by atoms with E-state index in [1.807, 2.05) is 74.8 Å². The molecule has 0 saturated carbocycles. The molecular weight excluding hydrogens is 352 g/mol. The monoisotopic (exact) mass is 372 g/mol. The van der Waals surface area contributed by atoms with Gasteiger partial charge in [-0.15, -0.1) is 0 Å². The van der Waals surface area contributed by atoms with Gasteiger partial charge in [-0.2, -0.15) is 10.2 Å². The van der Waals surface area contributed by atoms with Crippen LogP contribution in [0.3, 0.4) is 0 Å². The van der Waals surface area contributed by atoms with E-state index in [9.17, 15) is 4.79 Å². The van der Waals surface area contributed by atoms with Crippen molar-refractivity contribution in [3.63, 3.8) is 0 Å². The first-order chi connectivity index (χ1) is 13.6. The quantitative estimate of drug-likeness (QED) is 0.539. The third-order valence-corrected chi connectivity index (χ3v) is 4.84. The summed E-state index contributed by atoms with van der Waals surface area (Å²) in [6.07, 6.45) is 6.75. The van der Waals surface area contributed by atoms with Crippen LogP contribution in [0.5, 0.6) is 0 Å². The molecule has 2 heterocycles. The lowest BCUT2D eigenvalue weighted by atomic mass is 10.1. The number of amides is 1. The molecule has 7 nitrogen and oxygen atoms in total. The summed E-state index contributed by atoms with van der Waals surface area (Å²) in [7, 11) is 1.82. The van der Waals surface area contributed by atoms with Crippen LogP contribution in [-0.2, 0) is 0 Å². The molecule has 4 aromatic rings. The van der Waals surface area contributed by atoms with Crippen LogP contribution in [0.4, 0.5) is 0 Å². The first-order valence-corrected chi connectivity index (χ1v) is 8.95. The van der Waals surface area contributed by atoms with E-state index < -0.39 is 0 Å². The summed E-state index contributed by atoms with van der Waals surface area (Å²) in [6, 6.07) is 17.2. The standard InChI is InChI=1S/C21H20N6O/c1-16(17-4-8-20(9-5-17)27-15-22-14-24-27)25(2)21(28)18-6-10-19(11-7-18)26-13-3-12-23-26/h3-16H,1-2H3/t16-/m0/s1. The number of hydrogen-bond acceptors (Lipinski definition) is 4. The minimum Gasteiger partial charge on any atom is -0.335 e. The van der Waals surface area contributed by atoms with Gasteiger partial charge in [-0.3, -0.25) is 4.79 Å². The van der Waals surface area contributed by atoms with Crippen molar-refractivity contribution < 1.29 is 4.79 Å². The molecule has 2 aromatic heterocycles. The van der Waals surface area contributed by atoms with Gasteiger partial charge in [0.2, 0.25) is 0 Å². The van der Waals surface area contributed by atoms with Crippen LogP contribution in [-0.4, -0.2) is 42.4 Å². The first-order valence-electron chi connectivity index (χ1n) is 8.95. The average molecular weight is 372 g/mol. The summed E-state index contributed by atoms with van der Waals surface area (Å²) in [6.45, 7) is 2.01. The van der Waals surface area contributed by atoms with Crippen LogP contribution in [0.2, 0.25) is 0 Å². The predicted molar refractivity (Wildman–Crippen MR) is 105 cm³/mol. The van der Waals surface area contributed by atoms with Gasteiger partial charge < -0.3 is 4.90 Å². The first kappa shape index (κ1) is 17.7. The van der Waals surface area contributed by atoms with Crippen LogP contribution in [0.25, 0.3) is 11.4 Å². The van der Waals surface area contributed by atoms with Crippen molar-refractivity contribution in [3.8, 4) is 11.4 Å². The molecule has 0 unspecified atom stereocenters. The molecule has 7 heteroatoms. The highest BCUT2D eigenvalue weighted by atomic mass is 16.2. The summed E-state index contributed by atoms with van der Waals surface area (Å²) < 4.78 is 3.46. The molecule has 1 atom stereocenters. The fourth-order valence-electron chi connectivity index (χ4n) is 3.03. The zero-order valence-corrected chi connectivity index (χ0v) is 15.7. The van der Waals surface area contributed by atoms with E-state index in [1.165, 1.54) is 6.33 Å². The number of rotatable bonds is 5. The number of hydrogen-bond donors (Lipinski definition) is 0. The highest BCUT2D eigenvalue weighted by Gasteiger charge is 2.19. The smallest absolute Gasteiger partial charge is 0.254 e. The van der Waals surface area contributed by atoms with Gasteiger partial charge in [-0.1, -0.05) is 12.1 Å². The van der Waals surface area contributed by atoms with Gasteiger partial charge in [0.15, 0.2) is 0 Å². The summed E-state index contributed by atoms with van der Waals surface area (Å²) in [4.78, 5) is 18.6. The second-order valence-corrected chi connectivity index (χ2v) is 6.52. The van der Waals surface area contributed by atoms with Crippen molar-refractivity contribution in [3.05, 3.63) is 90.8 Å². The zero-order valence-electron chi connectivity index (χ0n) is 15.7. The lowest BCUT2D eigenvalue weighted by Gasteiger charge is -2.25. The van der Waals surface area contributed by atoms with E-state index in [2.05, 4.69) is 15.2 Å². The summed E-state index contributed by atoms with van der Waals surface area (Å²) in [5.74, 6) is -0.0279. The molecule has 0 aliphatic rings. The molecule has 0 aliphatic heterocycles. The lowest BCUT2D eigenvalue weighted by molar-refractivity contribution is 0.0742. The van der Waals surface area contributed by atoms with Gasteiger partial charge in [0.05, 0.1) is 17.4 Å². The average Bonchev–Trinajstić information content (AvgIpc) is 3.47. The Bertz CT molecular complexity index is 1040. The Labute approximate surface area is 162 Å². The maximum absolute atomic E-state index is 12.9. The molecule has 4 rings (SSSR count). The second kappa shape index (κ2) is 7.48. The number of aromatic nitrogens is 5. The molecular formula is C21H20N6O. The number of carbonyl (C=O) groups is 1. The van der Waals surface area contributed by atoms with Crippen LogP contribution < -0.4 is 0 Å². The third-order valence-electron chi connectivity index (χ3n) is 4.84. The molecule has 0 N–H and O–H groups in total. The van der Waals surface area contributed by atoms with Gasteiger partial charge in [0.25, 0.3) is 5.91 Å². The number of nitrogens with zero attached hydrogens (tertiary/aromatic N) is 6. The van der Waals surface area contributed by atoms with Crippen LogP contribution >= 0.6 is 0 Å². The minimum absolute atomic E-state index is 0.0279. The Morgan fingerprint density at radius 3 is 2.25 bits per heavy atom. The van der Waals surface area contributed by atoms with Gasteiger partial charge >= 0.3 is 0 Å². The van der Waals surface area contributed by atoms with E-state index in [-0.39, 0.29) is 11.9 Å². The van der Waals surface area contributed by atoms with Gasteiger partial charge in [-0.05, 0) is 55.0 Å². The lowest BCUT2D eigenvalue weighted by Crippen LogP contribution is -2.29. The Hall–Kier alpha value is -3.74. The van der Waals surface area contributed by atoms with Crippen molar-refractivity contribution in [1.29, 1.82) is 0 Å². The molecule has 1 amide bonds. The van der Waals surface area contributed by atoms with Crippen LogP contribution in [0, 0.1) is 0 Å². The van der Waals surface area contributed by atoms with Crippen LogP contribution in [0.1, 0.15) is 28.9 Å². The van der Waals surface area contributed by atoms with Crippen molar-refractivity contribution in [2.24, 2.45) is 0 Å². The van der Waals surface area contributed by atoms with Crippen molar-refractivity contribution in [1.82, 2.24) is 29.4 Å². The Balaban J connectivity index is 1.48. The second-order valence-electron chi connectivity index (χ2n) is 6.52. The Kier molecular flexibility index (Phi) is 4.72. The molecule has 0 radical (unpaired) electrons. The molecule has 0 fully saturated rings.